The highest BCUT2D eigenvalue weighted by atomic mass is 35.5. The number of rotatable bonds is 3. The summed E-state index contributed by atoms with van der Waals surface area (Å²) in [6, 6.07) is 0. The molecule has 0 aliphatic rings. The van der Waals surface area contributed by atoms with Crippen LogP contribution in [0.2, 0.25) is 0 Å². The molecule has 0 heterocycles. The van der Waals surface area contributed by atoms with Crippen molar-refractivity contribution >= 4 is 30.7 Å². The van der Waals surface area contributed by atoms with Gasteiger partial charge in [-0.25, -0.2) is 0 Å². The molecule has 1 unspecified atom stereocenters. The number of hydrogen-bond acceptors (Lipinski definition) is 2. The first-order valence-electron chi connectivity index (χ1n) is 2.97. The van der Waals surface area contributed by atoms with Crippen LogP contribution < -0.4 is 0 Å². The lowest BCUT2D eigenvalue weighted by Gasteiger charge is -2.17. The Morgan fingerprint density at radius 2 is 2.00 bits per heavy atom. The van der Waals surface area contributed by atoms with Crippen molar-refractivity contribution < 1.29 is 9.42 Å². The van der Waals surface area contributed by atoms with Crippen molar-refractivity contribution in [1.29, 1.82) is 0 Å². The summed E-state index contributed by atoms with van der Waals surface area (Å²) in [5, 5.41) is 0. The average Bonchev–Trinajstić information content (AvgIpc) is 1.65. The zero-order valence-electron chi connectivity index (χ0n) is 6.40. The molecule has 0 saturated heterocycles. The number of hydrogen-bond donors (Lipinski definition) is 1. The summed E-state index contributed by atoms with van der Waals surface area (Å²) < 4.78 is 4.97. The van der Waals surface area contributed by atoms with Crippen molar-refractivity contribution in [3.63, 3.8) is 0 Å². The van der Waals surface area contributed by atoms with E-state index in [9.17, 15) is 4.89 Å². The summed E-state index contributed by atoms with van der Waals surface area (Å²) in [4.78, 5) is 9.30. The topological polar surface area (TPSA) is 29.5 Å². The van der Waals surface area contributed by atoms with E-state index in [1.54, 1.807) is 0 Å². The third kappa shape index (κ3) is 4.64. The highest BCUT2D eigenvalue weighted by molar-refractivity contribution is 8.09. The van der Waals surface area contributed by atoms with Gasteiger partial charge in [-0.15, -0.1) is 12.4 Å². The standard InChI is InChI=1S/C5H13O2PS.ClH/c1-4-7-8(6,9)5(2)3;/h5H,4H2,1-3H3,(H,6,9);1H. The lowest BCUT2D eigenvalue weighted by Crippen LogP contribution is -1.99. The van der Waals surface area contributed by atoms with Crippen LogP contribution in [0.5, 0.6) is 0 Å². The molecule has 0 bridgehead atoms. The van der Waals surface area contributed by atoms with E-state index < -0.39 is 6.49 Å². The van der Waals surface area contributed by atoms with Gasteiger partial charge in [0.25, 0.3) is 0 Å². The van der Waals surface area contributed by atoms with E-state index >= 15 is 0 Å². The van der Waals surface area contributed by atoms with Gasteiger partial charge in [-0.05, 0) is 18.7 Å². The predicted octanol–water partition coefficient (Wildman–Crippen LogP) is 2.15. The maximum Gasteiger partial charge on any atom is 0.188 e. The number of halogens is 1. The fourth-order valence-corrected chi connectivity index (χ4v) is 1.32. The molecule has 10 heavy (non-hydrogen) atoms. The maximum absolute atomic E-state index is 9.30. The quantitative estimate of drug-likeness (QED) is 0.715. The molecule has 0 amide bonds. The zero-order chi connectivity index (χ0) is 7.49. The third-order valence-corrected chi connectivity index (χ3v) is 4.48. The van der Waals surface area contributed by atoms with Gasteiger partial charge in [-0.3, -0.25) is 0 Å². The summed E-state index contributed by atoms with van der Waals surface area (Å²) in [5.74, 6) is 0. The molecule has 0 aromatic rings. The van der Waals surface area contributed by atoms with Crippen molar-refractivity contribution in [1.82, 2.24) is 0 Å². The van der Waals surface area contributed by atoms with Crippen LogP contribution in [0.15, 0.2) is 0 Å². The van der Waals surface area contributed by atoms with E-state index in [1.807, 2.05) is 20.8 Å². The van der Waals surface area contributed by atoms with Gasteiger partial charge < -0.3 is 9.42 Å². The van der Waals surface area contributed by atoms with Crippen LogP contribution >= 0.6 is 18.9 Å². The van der Waals surface area contributed by atoms with Gasteiger partial charge in [-0.2, -0.15) is 0 Å². The smallest absolute Gasteiger partial charge is 0.188 e. The van der Waals surface area contributed by atoms with Crippen LogP contribution in [0.3, 0.4) is 0 Å². The Hall–Kier alpha value is 0.860. The molecule has 0 aliphatic heterocycles. The minimum absolute atomic E-state index is 0. The minimum Gasteiger partial charge on any atom is -0.345 e. The highest BCUT2D eigenvalue weighted by Gasteiger charge is 2.16. The van der Waals surface area contributed by atoms with E-state index in [1.165, 1.54) is 0 Å². The second-order valence-corrected chi connectivity index (χ2v) is 6.06. The average molecular weight is 205 g/mol. The molecular weight excluding hydrogens is 191 g/mol. The first kappa shape index (κ1) is 13.4. The molecular formula is C5H14ClO2PS. The first-order valence-corrected chi connectivity index (χ1v) is 5.72. The fraction of sp³-hybridized carbons (Fsp3) is 1.00. The molecule has 1 atom stereocenters. The lowest BCUT2D eigenvalue weighted by atomic mass is 10.6. The molecule has 0 saturated carbocycles. The SMILES string of the molecule is CCOP(O)(=S)C(C)C.Cl. The maximum atomic E-state index is 9.30. The van der Waals surface area contributed by atoms with Crippen molar-refractivity contribution in [2.24, 2.45) is 0 Å². The van der Waals surface area contributed by atoms with Crippen LogP contribution in [-0.2, 0) is 16.3 Å². The summed E-state index contributed by atoms with van der Waals surface area (Å²) in [6.45, 7) is 3.65. The molecule has 2 nitrogen and oxygen atoms in total. The molecule has 0 aliphatic carbocycles. The van der Waals surface area contributed by atoms with E-state index in [2.05, 4.69) is 0 Å². The molecule has 0 fully saturated rings. The summed E-state index contributed by atoms with van der Waals surface area (Å²) >= 11 is 4.81. The van der Waals surface area contributed by atoms with Crippen LogP contribution in [0.4, 0.5) is 0 Å². The van der Waals surface area contributed by atoms with Crippen LogP contribution in [-0.4, -0.2) is 17.2 Å². The largest absolute Gasteiger partial charge is 0.345 e. The van der Waals surface area contributed by atoms with Crippen molar-refractivity contribution in [2.75, 3.05) is 6.61 Å². The molecule has 1 N–H and O–H groups in total. The van der Waals surface area contributed by atoms with Crippen molar-refractivity contribution in [3.05, 3.63) is 0 Å². The normalized spacial score (nSPS) is 16.1. The Kier molecular flexibility index (Phi) is 7.40. The van der Waals surface area contributed by atoms with Gasteiger partial charge in [0.2, 0.25) is 0 Å². The van der Waals surface area contributed by atoms with Crippen LogP contribution in [0.1, 0.15) is 20.8 Å². The Morgan fingerprint density at radius 1 is 1.60 bits per heavy atom. The predicted molar refractivity (Wildman–Crippen MR) is 50.5 cm³/mol. The van der Waals surface area contributed by atoms with Gasteiger partial charge in [0, 0.05) is 5.66 Å². The molecule has 64 valence electrons. The molecule has 0 radical (unpaired) electrons. The fourth-order valence-electron chi connectivity index (χ4n) is 0.334. The second-order valence-electron chi connectivity index (χ2n) is 2.08. The summed E-state index contributed by atoms with van der Waals surface area (Å²) in [7, 11) is 0. The zero-order valence-corrected chi connectivity index (χ0v) is 8.93. The molecule has 0 rings (SSSR count). The van der Waals surface area contributed by atoms with Gasteiger partial charge >= 0.3 is 0 Å². The Balaban J connectivity index is 0. The minimum atomic E-state index is -2.43. The highest BCUT2D eigenvalue weighted by Crippen LogP contribution is 2.47. The van der Waals surface area contributed by atoms with Gasteiger partial charge in [0.15, 0.2) is 6.49 Å². The van der Waals surface area contributed by atoms with Crippen molar-refractivity contribution in [2.45, 2.75) is 26.4 Å². The molecule has 0 aromatic heterocycles. The molecule has 5 heteroatoms. The monoisotopic (exact) mass is 204 g/mol. The van der Waals surface area contributed by atoms with E-state index in [-0.39, 0.29) is 18.1 Å². The van der Waals surface area contributed by atoms with Gasteiger partial charge in [-0.1, -0.05) is 13.8 Å². The summed E-state index contributed by atoms with van der Waals surface area (Å²) in [6.07, 6.45) is 0. The molecule has 0 spiro atoms. The van der Waals surface area contributed by atoms with E-state index in [0.717, 1.165) is 0 Å². The van der Waals surface area contributed by atoms with E-state index in [4.69, 9.17) is 16.3 Å². The first-order chi connectivity index (χ1) is 4.00. The Morgan fingerprint density at radius 3 is 2.10 bits per heavy atom. The Bertz CT molecular complexity index is 129. The summed E-state index contributed by atoms with van der Waals surface area (Å²) in [5.41, 5.74) is 0.0763. The van der Waals surface area contributed by atoms with Gasteiger partial charge in [0.1, 0.15) is 0 Å². The van der Waals surface area contributed by atoms with Crippen LogP contribution in [0.25, 0.3) is 0 Å². The van der Waals surface area contributed by atoms with Gasteiger partial charge in [0.05, 0.1) is 6.61 Å². The molecule has 0 aromatic carbocycles. The van der Waals surface area contributed by atoms with E-state index in [0.29, 0.717) is 6.61 Å². The van der Waals surface area contributed by atoms with Crippen LogP contribution in [0, 0.1) is 0 Å². The van der Waals surface area contributed by atoms with Crippen molar-refractivity contribution in [3.8, 4) is 0 Å². The Labute approximate surface area is 73.6 Å². The lowest BCUT2D eigenvalue weighted by molar-refractivity contribution is 0.321. The second kappa shape index (κ2) is 5.50. The third-order valence-electron chi connectivity index (χ3n) is 0.967.